The zero-order chi connectivity index (χ0) is 12.4. The van der Waals surface area contributed by atoms with Crippen molar-refractivity contribution < 1.29 is 19.1 Å². The van der Waals surface area contributed by atoms with Crippen LogP contribution < -0.4 is 0 Å². The van der Waals surface area contributed by atoms with E-state index in [2.05, 4.69) is 13.2 Å². The molecule has 0 N–H and O–H groups in total. The quantitative estimate of drug-likeness (QED) is 0.469. The maximum absolute atomic E-state index is 11.0. The third kappa shape index (κ3) is 6.81. The fourth-order valence-electron chi connectivity index (χ4n) is 1.05. The molecule has 0 aliphatic carbocycles. The predicted octanol–water partition coefficient (Wildman–Crippen LogP) is 2.00. The Morgan fingerprint density at radius 1 is 1.25 bits per heavy atom. The number of carbonyl (C=O) groups is 2. The molecule has 0 saturated carbocycles. The Morgan fingerprint density at radius 3 is 2.38 bits per heavy atom. The summed E-state index contributed by atoms with van der Waals surface area (Å²) in [5, 5.41) is 0. The molecule has 0 aliphatic heterocycles. The van der Waals surface area contributed by atoms with Crippen LogP contribution in [0.15, 0.2) is 25.3 Å². The highest BCUT2D eigenvalue weighted by molar-refractivity contribution is 5.82. The summed E-state index contributed by atoms with van der Waals surface area (Å²) in [7, 11) is 0. The maximum Gasteiger partial charge on any atom is 0.330 e. The van der Waals surface area contributed by atoms with Gasteiger partial charge in [0.25, 0.3) is 0 Å². The second-order valence-electron chi connectivity index (χ2n) is 3.24. The molecule has 0 saturated heterocycles. The van der Waals surface area contributed by atoms with Gasteiger partial charge in [-0.15, -0.1) is 0 Å². The van der Waals surface area contributed by atoms with Crippen LogP contribution in [-0.2, 0) is 19.1 Å². The molecular formula is C12H18O4. The largest absolute Gasteiger partial charge is 0.459 e. The molecule has 90 valence electrons. The lowest BCUT2D eigenvalue weighted by atomic mass is 10.2. The zero-order valence-corrected chi connectivity index (χ0v) is 9.61. The van der Waals surface area contributed by atoms with Gasteiger partial charge < -0.3 is 9.47 Å². The van der Waals surface area contributed by atoms with Gasteiger partial charge >= 0.3 is 11.9 Å². The van der Waals surface area contributed by atoms with Crippen LogP contribution in [0.4, 0.5) is 0 Å². The van der Waals surface area contributed by atoms with Gasteiger partial charge in [-0.25, -0.2) is 9.59 Å². The van der Waals surface area contributed by atoms with E-state index in [-0.39, 0.29) is 6.61 Å². The van der Waals surface area contributed by atoms with E-state index in [1.54, 1.807) is 0 Å². The van der Waals surface area contributed by atoms with Crippen molar-refractivity contribution in [2.24, 2.45) is 0 Å². The highest BCUT2D eigenvalue weighted by atomic mass is 16.6. The molecule has 0 aromatic heterocycles. The van der Waals surface area contributed by atoms with E-state index >= 15 is 0 Å². The SMILES string of the molecule is C=CC(=O)OCC(CCCC)OC(=O)C=C. The number of carbonyl (C=O) groups excluding carboxylic acids is 2. The third-order valence-corrected chi connectivity index (χ3v) is 1.91. The molecule has 4 nitrogen and oxygen atoms in total. The summed E-state index contributed by atoms with van der Waals surface area (Å²) in [6, 6.07) is 0. The minimum atomic E-state index is -0.517. The van der Waals surface area contributed by atoms with Crippen molar-refractivity contribution in [1.29, 1.82) is 0 Å². The Labute approximate surface area is 95.9 Å². The van der Waals surface area contributed by atoms with Crippen LogP contribution in [-0.4, -0.2) is 24.6 Å². The van der Waals surface area contributed by atoms with E-state index in [1.807, 2.05) is 6.92 Å². The zero-order valence-electron chi connectivity index (χ0n) is 9.61. The van der Waals surface area contributed by atoms with Crippen LogP contribution in [0.25, 0.3) is 0 Å². The van der Waals surface area contributed by atoms with Crippen molar-refractivity contribution in [1.82, 2.24) is 0 Å². The summed E-state index contributed by atoms with van der Waals surface area (Å²) in [6.07, 6.45) is 4.31. The van der Waals surface area contributed by atoms with E-state index < -0.39 is 18.0 Å². The first kappa shape index (κ1) is 14.4. The Morgan fingerprint density at radius 2 is 1.88 bits per heavy atom. The predicted molar refractivity (Wildman–Crippen MR) is 60.8 cm³/mol. The molecule has 0 rings (SSSR count). The number of unbranched alkanes of at least 4 members (excludes halogenated alkanes) is 1. The second-order valence-corrected chi connectivity index (χ2v) is 3.24. The first-order valence-electron chi connectivity index (χ1n) is 5.26. The van der Waals surface area contributed by atoms with Gasteiger partial charge in [0.15, 0.2) is 0 Å². The maximum atomic E-state index is 11.0. The summed E-state index contributed by atoms with van der Waals surface area (Å²) in [6.45, 7) is 8.68. The van der Waals surface area contributed by atoms with Crippen molar-refractivity contribution in [3.63, 3.8) is 0 Å². The average Bonchev–Trinajstić information content (AvgIpc) is 2.31. The van der Waals surface area contributed by atoms with Crippen LogP contribution in [0.1, 0.15) is 26.2 Å². The van der Waals surface area contributed by atoms with E-state index in [0.29, 0.717) is 6.42 Å². The standard InChI is InChI=1S/C12H18O4/c1-4-7-8-10(16-12(14)6-3)9-15-11(13)5-2/h5-6,10H,2-4,7-9H2,1H3. The molecule has 0 amide bonds. The van der Waals surface area contributed by atoms with Crippen molar-refractivity contribution in [2.45, 2.75) is 32.3 Å². The van der Waals surface area contributed by atoms with E-state index in [1.165, 1.54) is 0 Å². The molecule has 0 fully saturated rings. The minimum Gasteiger partial charge on any atom is -0.459 e. The van der Waals surface area contributed by atoms with Gasteiger partial charge in [-0.1, -0.05) is 26.5 Å². The van der Waals surface area contributed by atoms with Gasteiger partial charge in [0.2, 0.25) is 0 Å². The van der Waals surface area contributed by atoms with Crippen molar-refractivity contribution in [2.75, 3.05) is 6.61 Å². The molecule has 1 atom stereocenters. The lowest BCUT2D eigenvalue weighted by Crippen LogP contribution is -2.24. The highest BCUT2D eigenvalue weighted by Gasteiger charge is 2.14. The van der Waals surface area contributed by atoms with Gasteiger partial charge in [-0.05, 0) is 12.8 Å². The number of hydrogen-bond acceptors (Lipinski definition) is 4. The van der Waals surface area contributed by atoms with Crippen LogP contribution in [0.2, 0.25) is 0 Å². The summed E-state index contributed by atoms with van der Waals surface area (Å²) < 4.78 is 9.86. The van der Waals surface area contributed by atoms with Gasteiger partial charge in [0.05, 0.1) is 0 Å². The fraction of sp³-hybridized carbons (Fsp3) is 0.500. The topological polar surface area (TPSA) is 52.6 Å². The number of esters is 2. The van der Waals surface area contributed by atoms with Gasteiger partial charge in [-0.3, -0.25) is 0 Å². The molecule has 0 radical (unpaired) electrons. The Balaban J connectivity index is 4.08. The molecule has 16 heavy (non-hydrogen) atoms. The van der Waals surface area contributed by atoms with Crippen LogP contribution in [0.3, 0.4) is 0 Å². The van der Waals surface area contributed by atoms with Crippen LogP contribution in [0.5, 0.6) is 0 Å². The number of hydrogen-bond donors (Lipinski definition) is 0. The van der Waals surface area contributed by atoms with Crippen LogP contribution in [0, 0.1) is 0 Å². The molecule has 0 aromatic carbocycles. The normalized spacial score (nSPS) is 11.3. The molecule has 4 heteroatoms. The average molecular weight is 226 g/mol. The van der Waals surface area contributed by atoms with Gasteiger partial charge in [0, 0.05) is 12.2 Å². The molecular weight excluding hydrogens is 208 g/mol. The second kappa shape index (κ2) is 8.71. The van der Waals surface area contributed by atoms with E-state index in [9.17, 15) is 9.59 Å². The molecule has 0 spiro atoms. The molecule has 0 bridgehead atoms. The lowest BCUT2D eigenvalue weighted by Gasteiger charge is -2.16. The summed E-state index contributed by atoms with van der Waals surface area (Å²) in [4.78, 5) is 21.8. The third-order valence-electron chi connectivity index (χ3n) is 1.91. The minimum absolute atomic E-state index is 0.0600. The molecule has 0 heterocycles. The summed E-state index contributed by atoms with van der Waals surface area (Å²) in [5.41, 5.74) is 0. The molecule has 0 aromatic rings. The Bertz CT molecular complexity index is 258. The fourth-order valence-corrected chi connectivity index (χ4v) is 1.05. The van der Waals surface area contributed by atoms with Crippen molar-refractivity contribution in [3.05, 3.63) is 25.3 Å². The molecule has 1 unspecified atom stereocenters. The van der Waals surface area contributed by atoms with Crippen LogP contribution >= 0.6 is 0 Å². The first-order valence-corrected chi connectivity index (χ1v) is 5.26. The van der Waals surface area contributed by atoms with Crippen molar-refractivity contribution >= 4 is 11.9 Å². The van der Waals surface area contributed by atoms with E-state index in [0.717, 1.165) is 25.0 Å². The lowest BCUT2D eigenvalue weighted by molar-refractivity contribution is -0.153. The Kier molecular flexibility index (Phi) is 7.85. The van der Waals surface area contributed by atoms with E-state index in [4.69, 9.17) is 9.47 Å². The highest BCUT2D eigenvalue weighted by Crippen LogP contribution is 2.06. The molecule has 0 aliphatic rings. The monoisotopic (exact) mass is 226 g/mol. The van der Waals surface area contributed by atoms with Gasteiger partial charge in [-0.2, -0.15) is 0 Å². The Hall–Kier alpha value is -1.58. The number of ether oxygens (including phenoxy) is 2. The van der Waals surface area contributed by atoms with Crippen molar-refractivity contribution in [3.8, 4) is 0 Å². The number of rotatable bonds is 8. The smallest absolute Gasteiger partial charge is 0.330 e. The summed E-state index contributed by atoms with van der Waals surface area (Å²) in [5.74, 6) is -1.02. The summed E-state index contributed by atoms with van der Waals surface area (Å²) >= 11 is 0. The first-order chi connectivity index (χ1) is 7.63. The van der Waals surface area contributed by atoms with Gasteiger partial charge in [0.1, 0.15) is 12.7 Å².